The molecule has 0 heterocycles. The summed E-state index contributed by atoms with van der Waals surface area (Å²) in [4.78, 5) is 24.4. The van der Waals surface area contributed by atoms with E-state index in [2.05, 4.69) is 12.2 Å². The maximum absolute atomic E-state index is 12.4. The molecule has 0 aliphatic heterocycles. The molecule has 0 spiro atoms. The molecule has 170 valence electrons. The van der Waals surface area contributed by atoms with Crippen molar-refractivity contribution in [2.75, 3.05) is 20.3 Å². The first-order valence-corrected chi connectivity index (χ1v) is 11.7. The van der Waals surface area contributed by atoms with E-state index in [1.807, 2.05) is 24.3 Å². The van der Waals surface area contributed by atoms with Gasteiger partial charge in [-0.05, 0) is 99.3 Å². The maximum Gasteiger partial charge on any atom is 0.306 e. The van der Waals surface area contributed by atoms with Gasteiger partial charge in [-0.3, -0.25) is 9.59 Å². The molecule has 4 aliphatic carbocycles. The quantitative estimate of drug-likeness (QED) is 0.447. The molecule has 1 N–H and O–H groups in total. The minimum absolute atomic E-state index is 0.144. The fourth-order valence-corrected chi connectivity index (χ4v) is 6.44. The lowest BCUT2D eigenvalue weighted by molar-refractivity contribution is -0.149. The van der Waals surface area contributed by atoms with Crippen molar-refractivity contribution in [3.8, 4) is 11.5 Å². The Kier molecular flexibility index (Phi) is 6.73. The molecule has 1 aromatic carbocycles. The molecule has 1 unspecified atom stereocenters. The van der Waals surface area contributed by atoms with Gasteiger partial charge in [-0.25, -0.2) is 0 Å². The standard InChI is InChI=1S/C25H35NO5/c1-17(25-13-18-10-19(14-25)12-20(11-18)15-25)26-23(27)16-31-24(28)4-3-9-30-22-7-5-21(29-2)6-8-22/h5-8,17-20H,3-4,9-16H2,1-2H3,(H,26,27). The molecular weight excluding hydrogens is 394 g/mol. The van der Waals surface area contributed by atoms with Gasteiger partial charge < -0.3 is 19.5 Å². The van der Waals surface area contributed by atoms with Crippen LogP contribution in [0.3, 0.4) is 0 Å². The molecule has 1 atom stereocenters. The molecule has 6 nitrogen and oxygen atoms in total. The second-order valence-electron chi connectivity index (χ2n) is 9.86. The van der Waals surface area contributed by atoms with Crippen molar-refractivity contribution in [1.29, 1.82) is 0 Å². The zero-order valence-corrected chi connectivity index (χ0v) is 18.7. The Balaban J connectivity index is 1.12. The van der Waals surface area contributed by atoms with Crippen LogP contribution in [0, 0.1) is 23.2 Å². The number of methoxy groups -OCH3 is 1. The predicted molar refractivity (Wildman–Crippen MR) is 117 cm³/mol. The third kappa shape index (κ3) is 5.34. The third-order valence-electron chi connectivity index (χ3n) is 7.60. The number of ether oxygens (including phenoxy) is 3. The number of carbonyl (C=O) groups is 2. The summed E-state index contributed by atoms with van der Waals surface area (Å²) in [6, 6.07) is 7.45. The van der Waals surface area contributed by atoms with Gasteiger partial charge in [0.25, 0.3) is 5.91 Å². The zero-order valence-electron chi connectivity index (χ0n) is 18.7. The van der Waals surface area contributed by atoms with Crippen molar-refractivity contribution in [2.24, 2.45) is 23.2 Å². The molecular formula is C25H35NO5. The minimum Gasteiger partial charge on any atom is -0.497 e. The fraction of sp³-hybridized carbons (Fsp3) is 0.680. The van der Waals surface area contributed by atoms with Gasteiger partial charge in [0.15, 0.2) is 6.61 Å². The number of esters is 1. The molecule has 4 fully saturated rings. The number of carbonyl (C=O) groups excluding carboxylic acids is 2. The highest BCUT2D eigenvalue weighted by atomic mass is 16.5. The number of benzene rings is 1. The van der Waals surface area contributed by atoms with Crippen molar-refractivity contribution < 1.29 is 23.8 Å². The van der Waals surface area contributed by atoms with Crippen molar-refractivity contribution >= 4 is 11.9 Å². The van der Waals surface area contributed by atoms with Gasteiger partial charge >= 0.3 is 5.97 Å². The molecule has 0 aromatic heterocycles. The molecule has 0 saturated heterocycles. The van der Waals surface area contributed by atoms with Crippen LogP contribution in [0.15, 0.2) is 24.3 Å². The highest BCUT2D eigenvalue weighted by Crippen LogP contribution is 2.61. The first-order chi connectivity index (χ1) is 15.0. The average Bonchev–Trinajstić information content (AvgIpc) is 2.75. The van der Waals surface area contributed by atoms with Crippen molar-refractivity contribution in [2.45, 2.75) is 64.3 Å². The molecule has 1 aromatic rings. The first-order valence-electron chi connectivity index (χ1n) is 11.7. The lowest BCUT2D eigenvalue weighted by Crippen LogP contribution is -2.56. The summed E-state index contributed by atoms with van der Waals surface area (Å²) in [7, 11) is 1.62. The summed E-state index contributed by atoms with van der Waals surface area (Å²) in [6.45, 7) is 2.36. The Labute approximate surface area is 185 Å². The molecule has 5 rings (SSSR count). The Morgan fingerprint density at radius 1 is 1.03 bits per heavy atom. The Morgan fingerprint density at radius 2 is 1.61 bits per heavy atom. The van der Waals surface area contributed by atoms with Gasteiger partial charge in [0.05, 0.1) is 13.7 Å². The average molecular weight is 430 g/mol. The largest absolute Gasteiger partial charge is 0.497 e. The molecule has 4 saturated carbocycles. The topological polar surface area (TPSA) is 73.9 Å². The zero-order chi connectivity index (χ0) is 21.8. The predicted octanol–water partition coefficient (Wildman–Crippen LogP) is 4.12. The summed E-state index contributed by atoms with van der Waals surface area (Å²) < 4.78 is 15.9. The molecule has 0 radical (unpaired) electrons. The first kappa shape index (κ1) is 22.0. The van der Waals surface area contributed by atoms with Gasteiger partial charge in [0, 0.05) is 12.5 Å². The second-order valence-corrected chi connectivity index (χ2v) is 9.86. The Morgan fingerprint density at radius 3 is 2.19 bits per heavy atom. The SMILES string of the molecule is COc1ccc(OCCCC(=O)OCC(=O)NC(C)C23CC4CC(CC(C4)C2)C3)cc1. The summed E-state index contributed by atoms with van der Waals surface area (Å²) in [6.07, 6.45) is 8.67. The van der Waals surface area contributed by atoms with E-state index in [1.54, 1.807) is 7.11 Å². The third-order valence-corrected chi connectivity index (χ3v) is 7.60. The van der Waals surface area contributed by atoms with Crippen LogP contribution in [-0.2, 0) is 14.3 Å². The van der Waals surface area contributed by atoms with Crippen molar-refractivity contribution in [1.82, 2.24) is 5.32 Å². The number of amides is 1. The Hall–Kier alpha value is -2.24. The van der Waals surface area contributed by atoms with Crippen LogP contribution in [0.2, 0.25) is 0 Å². The molecule has 6 heteroatoms. The van der Waals surface area contributed by atoms with E-state index in [0.717, 1.165) is 29.3 Å². The number of hydrogen-bond donors (Lipinski definition) is 1. The normalized spacial score (nSPS) is 29.3. The van der Waals surface area contributed by atoms with E-state index in [0.29, 0.717) is 13.0 Å². The monoisotopic (exact) mass is 429 g/mol. The van der Waals surface area contributed by atoms with Crippen LogP contribution in [-0.4, -0.2) is 38.2 Å². The van der Waals surface area contributed by atoms with Gasteiger partial charge in [-0.15, -0.1) is 0 Å². The van der Waals surface area contributed by atoms with E-state index in [1.165, 1.54) is 38.5 Å². The summed E-state index contributed by atoms with van der Waals surface area (Å²) in [5.41, 5.74) is 0.257. The van der Waals surface area contributed by atoms with Gasteiger partial charge in [0.1, 0.15) is 11.5 Å². The van der Waals surface area contributed by atoms with E-state index >= 15 is 0 Å². The molecule has 1 amide bonds. The van der Waals surface area contributed by atoms with Crippen LogP contribution < -0.4 is 14.8 Å². The van der Waals surface area contributed by atoms with Crippen LogP contribution in [0.5, 0.6) is 11.5 Å². The van der Waals surface area contributed by atoms with E-state index in [4.69, 9.17) is 14.2 Å². The summed E-state index contributed by atoms with van der Waals surface area (Å²) >= 11 is 0. The highest BCUT2D eigenvalue weighted by Gasteiger charge is 2.53. The van der Waals surface area contributed by atoms with Crippen LogP contribution in [0.25, 0.3) is 0 Å². The lowest BCUT2D eigenvalue weighted by atomic mass is 9.48. The second kappa shape index (κ2) is 9.49. The maximum atomic E-state index is 12.4. The number of hydrogen-bond acceptors (Lipinski definition) is 5. The van der Waals surface area contributed by atoms with Gasteiger partial charge in [0.2, 0.25) is 0 Å². The minimum atomic E-state index is -0.365. The van der Waals surface area contributed by atoms with Gasteiger partial charge in [-0.1, -0.05) is 0 Å². The molecule has 31 heavy (non-hydrogen) atoms. The van der Waals surface area contributed by atoms with Crippen molar-refractivity contribution in [3.63, 3.8) is 0 Å². The molecule has 4 bridgehead atoms. The smallest absolute Gasteiger partial charge is 0.306 e. The van der Waals surface area contributed by atoms with Gasteiger partial charge in [-0.2, -0.15) is 0 Å². The number of rotatable bonds is 10. The molecule has 4 aliphatic rings. The van der Waals surface area contributed by atoms with Crippen LogP contribution in [0.4, 0.5) is 0 Å². The highest BCUT2D eigenvalue weighted by molar-refractivity contribution is 5.80. The van der Waals surface area contributed by atoms with Crippen LogP contribution in [0.1, 0.15) is 58.3 Å². The number of nitrogens with one attached hydrogen (secondary N) is 1. The van der Waals surface area contributed by atoms with E-state index in [9.17, 15) is 9.59 Å². The van der Waals surface area contributed by atoms with E-state index in [-0.39, 0.29) is 36.4 Å². The summed E-state index contributed by atoms with van der Waals surface area (Å²) in [5, 5.41) is 3.14. The fourth-order valence-electron chi connectivity index (χ4n) is 6.44. The van der Waals surface area contributed by atoms with Crippen molar-refractivity contribution in [3.05, 3.63) is 24.3 Å². The lowest BCUT2D eigenvalue weighted by Gasteiger charge is -2.59. The van der Waals surface area contributed by atoms with Crippen LogP contribution >= 0.6 is 0 Å². The summed E-state index contributed by atoms with van der Waals surface area (Å²) in [5.74, 6) is 3.50. The Bertz CT molecular complexity index is 739. The van der Waals surface area contributed by atoms with E-state index < -0.39 is 0 Å².